The Morgan fingerprint density at radius 2 is 1.69 bits per heavy atom. The molecule has 0 radical (unpaired) electrons. The SMILES string of the molecule is O=C(Nc1ccc(F)cc1)N1CCN([C@@H]2CCCN(C3CCOCC3)C2=O)CC1. The molecule has 4 rings (SSSR count). The number of ether oxygens (including phenoxy) is 1. The van der Waals surface area contributed by atoms with Crippen molar-refractivity contribution in [3.05, 3.63) is 30.1 Å². The highest BCUT2D eigenvalue weighted by molar-refractivity contribution is 5.89. The van der Waals surface area contributed by atoms with Crippen molar-refractivity contribution in [3.63, 3.8) is 0 Å². The topological polar surface area (TPSA) is 65.1 Å². The van der Waals surface area contributed by atoms with Crippen LogP contribution in [0.1, 0.15) is 25.7 Å². The van der Waals surface area contributed by atoms with Gasteiger partial charge in [0.15, 0.2) is 0 Å². The molecule has 3 aliphatic heterocycles. The Morgan fingerprint density at radius 3 is 2.38 bits per heavy atom. The lowest BCUT2D eigenvalue weighted by Gasteiger charge is -2.45. The lowest BCUT2D eigenvalue weighted by Crippen LogP contribution is -2.60. The van der Waals surface area contributed by atoms with Crippen LogP contribution in [0.15, 0.2) is 24.3 Å². The van der Waals surface area contributed by atoms with E-state index >= 15 is 0 Å². The van der Waals surface area contributed by atoms with Crippen LogP contribution >= 0.6 is 0 Å². The molecule has 3 fully saturated rings. The first kappa shape index (κ1) is 20.1. The molecule has 0 saturated carbocycles. The van der Waals surface area contributed by atoms with Gasteiger partial charge < -0.3 is 19.9 Å². The molecule has 0 spiro atoms. The molecular formula is C21H29FN4O3. The Bertz CT molecular complexity index is 715. The average Bonchev–Trinajstić information content (AvgIpc) is 2.76. The molecular weight excluding hydrogens is 375 g/mol. The number of carbonyl (C=O) groups is 2. The summed E-state index contributed by atoms with van der Waals surface area (Å²) < 4.78 is 18.5. The predicted octanol–water partition coefficient (Wildman–Crippen LogP) is 2.15. The van der Waals surface area contributed by atoms with Crippen molar-refractivity contribution in [1.29, 1.82) is 0 Å². The van der Waals surface area contributed by atoms with Crippen LogP contribution in [0.2, 0.25) is 0 Å². The van der Waals surface area contributed by atoms with Crippen molar-refractivity contribution in [2.75, 3.05) is 51.3 Å². The van der Waals surface area contributed by atoms with E-state index in [-0.39, 0.29) is 23.8 Å². The summed E-state index contributed by atoms with van der Waals surface area (Å²) in [5.41, 5.74) is 0.577. The van der Waals surface area contributed by atoms with Gasteiger partial charge >= 0.3 is 6.03 Å². The van der Waals surface area contributed by atoms with Gasteiger partial charge in [-0.05, 0) is 49.9 Å². The normalized spacial score (nSPS) is 24.6. The van der Waals surface area contributed by atoms with Crippen molar-refractivity contribution in [3.8, 4) is 0 Å². The summed E-state index contributed by atoms with van der Waals surface area (Å²) in [6.45, 7) is 4.85. The van der Waals surface area contributed by atoms with E-state index in [9.17, 15) is 14.0 Å². The molecule has 8 heteroatoms. The van der Waals surface area contributed by atoms with Crippen LogP contribution in [0.5, 0.6) is 0 Å². The van der Waals surface area contributed by atoms with E-state index in [1.165, 1.54) is 12.1 Å². The fourth-order valence-electron chi connectivity index (χ4n) is 4.55. The first-order valence-electron chi connectivity index (χ1n) is 10.6. The highest BCUT2D eigenvalue weighted by atomic mass is 19.1. The Morgan fingerprint density at radius 1 is 1.00 bits per heavy atom. The fourth-order valence-corrected chi connectivity index (χ4v) is 4.55. The third-order valence-corrected chi connectivity index (χ3v) is 6.21. The number of piperidine rings is 1. The number of likely N-dealkylation sites (tertiary alicyclic amines) is 1. The first-order chi connectivity index (χ1) is 14.1. The Kier molecular flexibility index (Phi) is 6.30. The second-order valence-corrected chi connectivity index (χ2v) is 7.99. The molecule has 0 aromatic heterocycles. The molecule has 3 amide bonds. The molecule has 29 heavy (non-hydrogen) atoms. The minimum absolute atomic E-state index is 0.0751. The van der Waals surface area contributed by atoms with Gasteiger partial charge in [0.25, 0.3) is 0 Å². The number of nitrogens with one attached hydrogen (secondary N) is 1. The molecule has 1 aromatic carbocycles. The number of hydrogen-bond acceptors (Lipinski definition) is 4. The second-order valence-electron chi connectivity index (χ2n) is 7.99. The maximum absolute atomic E-state index is 13.1. The zero-order valence-corrected chi connectivity index (χ0v) is 16.7. The number of anilines is 1. The monoisotopic (exact) mass is 404 g/mol. The molecule has 0 aliphatic carbocycles. The Labute approximate surface area is 170 Å². The summed E-state index contributed by atoms with van der Waals surface area (Å²) in [6.07, 6.45) is 3.77. The summed E-state index contributed by atoms with van der Waals surface area (Å²) in [5, 5.41) is 2.81. The van der Waals surface area contributed by atoms with E-state index in [1.54, 1.807) is 17.0 Å². The van der Waals surface area contributed by atoms with Gasteiger partial charge in [-0.1, -0.05) is 0 Å². The van der Waals surface area contributed by atoms with Gasteiger partial charge in [0.1, 0.15) is 5.82 Å². The van der Waals surface area contributed by atoms with Gasteiger partial charge in [0, 0.05) is 57.7 Å². The quantitative estimate of drug-likeness (QED) is 0.839. The van der Waals surface area contributed by atoms with Gasteiger partial charge in [-0.25, -0.2) is 9.18 Å². The van der Waals surface area contributed by atoms with Crippen LogP contribution in [0.3, 0.4) is 0 Å². The average molecular weight is 404 g/mol. The number of hydrogen-bond donors (Lipinski definition) is 1. The number of amides is 3. The van der Waals surface area contributed by atoms with Crippen LogP contribution in [0.4, 0.5) is 14.9 Å². The molecule has 1 N–H and O–H groups in total. The number of urea groups is 1. The standard InChI is InChI=1S/C21H29FN4O3/c22-16-3-5-17(6-4-16)23-21(28)25-12-10-24(11-13-25)19-2-1-9-26(20(19)27)18-7-14-29-15-8-18/h3-6,18-19H,1-2,7-15H2,(H,23,28)/t19-/m1/s1. The van der Waals surface area contributed by atoms with Gasteiger partial charge in [0.2, 0.25) is 5.91 Å². The van der Waals surface area contributed by atoms with E-state index in [0.717, 1.165) is 45.4 Å². The van der Waals surface area contributed by atoms with Crippen LogP contribution < -0.4 is 5.32 Å². The molecule has 1 atom stereocenters. The molecule has 7 nitrogen and oxygen atoms in total. The van der Waals surface area contributed by atoms with Crippen LogP contribution in [0.25, 0.3) is 0 Å². The largest absolute Gasteiger partial charge is 0.381 e. The fraction of sp³-hybridized carbons (Fsp3) is 0.619. The summed E-state index contributed by atoms with van der Waals surface area (Å²) >= 11 is 0. The van der Waals surface area contributed by atoms with Gasteiger partial charge in [-0.2, -0.15) is 0 Å². The minimum atomic E-state index is -0.330. The van der Waals surface area contributed by atoms with Crippen molar-refractivity contribution in [2.24, 2.45) is 0 Å². The van der Waals surface area contributed by atoms with E-state index < -0.39 is 0 Å². The van der Waals surface area contributed by atoms with Crippen molar-refractivity contribution >= 4 is 17.6 Å². The Hall–Kier alpha value is -2.19. The summed E-state index contributed by atoms with van der Waals surface area (Å²) in [7, 11) is 0. The van der Waals surface area contributed by atoms with Gasteiger partial charge in [0.05, 0.1) is 6.04 Å². The molecule has 0 bridgehead atoms. The van der Waals surface area contributed by atoms with Crippen LogP contribution in [-0.2, 0) is 9.53 Å². The maximum atomic E-state index is 13.1. The van der Waals surface area contributed by atoms with Crippen molar-refractivity contribution < 1.29 is 18.7 Å². The predicted molar refractivity (Wildman–Crippen MR) is 107 cm³/mol. The van der Waals surface area contributed by atoms with Crippen molar-refractivity contribution in [2.45, 2.75) is 37.8 Å². The van der Waals surface area contributed by atoms with Crippen LogP contribution in [-0.4, -0.2) is 84.7 Å². The summed E-state index contributed by atoms with van der Waals surface area (Å²) in [4.78, 5) is 31.7. The van der Waals surface area contributed by atoms with E-state index in [2.05, 4.69) is 15.1 Å². The molecule has 3 aliphatic rings. The van der Waals surface area contributed by atoms with E-state index in [1.807, 2.05) is 0 Å². The highest BCUT2D eigenvalue weighted by Crippen LogP contribution is 2.24. The first-order valence-corrected chi connectivity index (χ1v) is 10.6. The summed E-state index contributed by atoms with van der Waals surface area (Å²) in [5.74, 6) is -0.0871. The molecule has 0 unspecified atom stereocenters. The maximum Gasteiger partial charge on any atom is 0.321 e. The second kappa shape index (κ2) is 9.09. The number of halogens is 1. The number of carbonyl (C=O) groups excluding carboxylic acids is 2. The summed E-state index contributed by atoms with van der Waals surface area (Å²) in [6, 6.07) is 5.80. The molecule has 158 valence electrons. The lowest BCUT2D eigenvalue weighted by atomic mass is 9.97. The number of rotatable bonds is 3. The highest BCUT2D eigenvalue weighted by Gasteiger charge is 2.38. The molecule has 3 heterocycles. The number of nitrogens with zero attached hydrogens (tertiary/aromatic N) is 3. The Balaban J connectivity index is 1.29. The van der Waals surface area contributed by atoms with E-state index in [0.29, 0.717) is 37.9 Å². The zero-order valence-electron chi connectivity index (χ0n) is 16.7. The third-order valence-electron chi connectivity index (χ3n) is 6.21. The molecule has 1 aromatic rings. The third kappa shape index (κ3) is 4.70. The number of piperazine rings is 1. The van der Waals surface area contributed by atoms with Crippen LogP contribution in [0, 0.1) is 5.82 Å². The van der Waals surface area contributed by atoms with E-state index in [4.69, 9.17) is 4.74 Å². The van der Waals surface area contributed by atoms with Crippen molar-refractivity contribution in [1.82, 2.24) is 14.7 Å². The number of benzene rings is 1. The minimum Gasteiger partial charge on any atom is -0.381 e. The van der Waals surface area contributed by atoms with Gasteiger partial charge in [-0.15, -0.1) is 0 Å². The zero-order chi connectivity index (χ0) is 20.2. The molecule has 3 saturated heterocycles. The van der Waals surface area contributed by atoms with Gasteiger partial charge in [-0.3, -0.25) is 9.69 Å². The smallest absolute Gasteiger partial charge is 0.321 e. The lowest BCUT2D eigenvalue weighted by molar-refractivity contribution is -0.145.